The lowest BCUT2D eigenvalue weighted by molar-refractivity contribution is 0.274. The smallest absolute Gasteiger partial charge is 0.115 e. The van der Waals surface area contributed by atoms with Crippen LogP contribution in [0.5, 0.6) is 5.75 Å². The van der Waals surface area contributed by atoms with E-state index in [-0.39, 0.29) is 5.54 Å². The summed E-state index contributed by atoms with van der Waals surface area (Å²) in [5.41, 5.74) is 1.57. The van der Waals surface area contributed by atoms with Gasteiger partial charge in [-0.15, -0.1) is 0 Å². The monoisotopic (exact) mass is 203 g/mol. The summed E-state index contributed by atoms with van der Waals surface area (Å²) in [6.45, 7) is 1.14. The minimum atomic E-state index is 0.219. The average molecular weight is 203 g/mol. The Hall–Kier alpha value is -1.02. The zero-order valence-electron chi connectivity index (χ0n) is 8.87. The first-order valence-electron chi connectivity index (χ1n) is 5.83. The van der Waals surface area contributed by atoms with Gasteiger partial charge in [0.05, 0.1) is 0 Å². The topological polar surface area (TPSA) is 32.3 Å². The molecule has 0 amide bonds. The summed E-state index contributed by atoms with van der Waals surface area (Å²) in [5, 5.41) is 13.0. The van der Waals surface area contributed by atoms with Crippen molar-refractivity contribution in [1.29, 1.82) is 0 Å². The number of piperidine rings is 1. The van der Waals surface area contributed by atoms with E-state index in [1.807, 2.05) is 0 Å². The number of phenols is 1. The van der Waals surface area contributed by atoms with Gasteiger partial charge in [-0.3, -0.25) is 0 Å². The maximum Gasteiger partial charge on any atom is 0.115 e. The number of benzene rings is 1. The van der Waals surface area contributed by atoms with E-state index in [0.717, 1.165) is 12.5 Å². The van der Waals surface area contributed by atoms with E-state index in [1.165, 1.54) is 31.2 Å². The van der Waals surface area contributed by atoms with E-state index in [1.54, 1.807) is 12.1 Å². The predicted octanol–water partition coefficient (Wildman–Crippen LogP) is 2.38. The molecule has 1 aromatic carbocycles. The van der Waals surface area contributed by atoms with Crippen molar-refractivity contribution in [1.82, 2.24) is 5.32 Å². The molecule has 2 fully saturated rings. The SMILES string of the molecule is Oc1ccc(C23CCC(CCN2)C3)cc1. The zero-order valence-corrected chi connectivity index (χ0v) is 8.87. The van der Waals surface area contributed by atoms with Crippen molar-refractivity contribution < 1.29 is 5.11 Å². The molecule has 2 aliphatic rings. The fourth-order valence-electron chi connectivity index (χ4n) is 3.21. The van der Waals surface area contributed by atoms with Crippen molar-refractivity contribution in [2.45, 2.75) is 31.2 Å². The quantitative estimate of drug-likeness (QED) is 0.734. The second kappa shape index (κ2) is 3.24. The molecule has 0 radical (unpaired) electrons. The molecule has 2 bridgehead atoms. The fraction of sp³-hybridized carbons (Fsp3) is 0.538. The second-order valence-corrected chi connectivity index (χ2v) is 4.95. The maximum atomic E-state index is 9.30. The number of fused-ring (bicyclic) bond motifs is 2. The first kappa shape index (κ1) is 9.22. The first-order valence-corrected chi connectivity index (χ1v) is 5.83. The molecule has 2 nitrogen and oxygen atoms in total. The minimum Gasteiger partial charge on any atom is -0.508 e. The molecule has 1 saturated carbocycles. The highest BCUT2D eigenvalue weighted by Gasteiger charge is 2.42. The summed E-state index contributed by atoms with van der Waals surface area (Å²) < 4.78 is 0. The Bertz CT molecular complexity index is 355. The standard InChI is InChI=1S/C13H17NO/c15-12-3-1-11(2-4-12)13-7-5-10(9-13)6-8-14-13/h1-4,10,14-15H,5-9H2. The van der Waals surface area contributed by atoms with Gasteiger partial charge in [-0.25, -0.2) is 0 Å². The number of aromatic hydroxyl groups is 1. The molecule has 1 saturated heterocycles. The Morgan fingerprint density at radius 1 is 1.20 bits per heavy atom. The van der Waals surface area contributed by atoms with Gasteiger partial charge in [0.1, 0.15) is 5.75 Å². The first-order chi connectivity index (χ1) is 7.28. The van der Waals surface area contributed by atoms with Crippen LogP contribution >= 0.6 is 0 Å². The van der Waals surface area contributed by atoms with E-state index in [2.05, 4.69) is 17.4 Å². The van der Waals surface area contributed by atoms with Gasteiger partial charge in [0.2, 0.25) is 0 Å². The van der Waals surface area contributed by atoms with Crippen molar-refractivity contribution >= 4 is 0 Å². The van der Waals surface area contributed by atoms with Crippen LogP contribution in [-0.4, -0.2) is 11.7 Å². The normalized spacial score (nSPS) is 34.3. The summed E-state index contributed by atoms with van der Waals surface area (Å²) in [4.78, 5) is 0. The molecule has 1 aliphatic carbocycles. The van der Waals surface area contributed by atoms with Crippen LogP contribution in [0.25, 0.3) is 0 Å². The summed E-state index contributed by atoms with van der Waals surface area (Å²) >= 11 is 0. The highest BCUT2D eigenvalue weighted by atomic mass is 16.3. The second-order valence-electron chi connectivity index (χ2n) is 4.95. The Labute approximate surface area is 90.3 Å². The van der Waals surface area contributed by atoms with Crippen LogP contribution in [0.4, 0.5) is 0 Å². The molecule has 15 heavy (non-hydrogen) atoms. The van der Waals surface area contributed by atoms with Crippen LogP contribution in [-0.2, 0) is 5.54 Å². The van der Waals surface area contributed by atoms with Crippen molar-refractivity contribution in [3.05, 3.63) is 29.8 Å². The molecule has 2 N–H and O–H groups in total. The van der Waals surface area contributed by atoms with Crippen LogP contribution in [0.15, 0.2) is 24.3 Å². The van der Waals surface area contributed by atoms with Crippen LogP contribution < -0.4 is 5.32 Å². The zero-order chi connectivity index (χ0) is 10.3. The third-order valence-electron chi connectivity index (χ3n) is 4.05. The molecule has 1 aliphatic heterocycles. The molecule has 1 aromatic rings. The lowest BCUT2D eigenvalue weighted by Crippen LogP contribution is -2.43. The lowest BCUT2D eigenvalue weighted by atomic mass is 9.84. The summed E-state index contributed by atoms with van der Waals surface area (Å²) in [6, 6.07) is 7.73. The van der Waals surface area contributed by atoms with Crippen molar-refractivity contribution in [3.63, 3.8) is 0 Å². The Balaban J connectivity index is 1.95. The third kappa shape index (κ3) is 1.44. The van der Waals surface area contributed by atoms with Gasteiger partial charge in [0.15, 0.2) is 0 Å². The van der Waals surface area contributed by atoms with Crippen molar-refractivity contribution in [3.8, 4) is 5.75 Å². The fourth-order valence-corrected chi connectivity index (χ4v) is 3.21. The summed E-state index contributed by atoms with van der Waals surface area (Å²) in [5.74, 6) is 1.28. The van der Waals surface area contributed by atoms with E-state index in [9.17, 15) is 5.11 Å². The Kier molecular flexibility index (Phi) is 1.99. The minimum absolute atomic E-state index is 0.219. The molecule has 1 heterocycles. The van der Waals surface area contributed by atoms with Crippen molar-refractivity contribution in [2.75, 3.05) is 6.54 Å². The molecule has 0 aromatic heterocycles. The average Bonchev–Trinajstić information content (AvgIpc) is 2.56. The highest BCUT2D eigenvalue weighted by Crippen LogP contribution is 2.46. The van der Waals surface area contributed by atoms with E-state index >= 15 is 0 Å². The van der Waals surface area contributed by atoms with Gasteiger partial charge in [-0.2, -0.15) is 0 Å². The predicted molar refractivity (Wildman–Crippen MR) is 59.7 cm³/mol. The molecule has 2 heteroatoms. The third-order valence-corrected chi connectivity index (χ3v) is 4.05. The number of hydrogen-bond acceptors (Lipinski definition) is 2. The van der Waals surface area contributed by atoms with Crippen LogP contribution in [0.2, 0.25) is 0 Å². The van der Waals surface area contributed by atoms with Crippen LogP contribution in [0.3, 0.4) is 0 Å². The molecule has 0 spiro atoms. The highest BCUT2D eigenvalue weighted by molar-refractivity contribution is 5.32. The summed E-state index contributed by atoms with van der Waals surface area (Å²) in [6.07, 6.45) is 5.22. The van der Waals surface area contributed by atoms with E-state index < -0.39 is 0 Å². The van der Waals surface area contributed by atoms with E-state index in [4.69, 9.17) is 0 Å². The molecule has 80 valence electrons. The number of rotatable bonds is 1. The molecule has 3 rings (SSSR count). The van der Waals surface area contributed by atoms with Gasteiger partial charge in [0, 0.05) is 5.54 Å². The number of nitrogens with one attached hydrogen (secondary N) is 1. The van der Waals surface area contributed by atoms with Gasteiger partial charge < -0.3 is 10.4 Å². The van der Waals surface area contributed by atoms with Crippen molar-refractivity contribution in [2.24, 2.45) is 5.92 Å². The molecular formula is C13H17NO. The van der Waals surface area contributed by atoms with Gasteiger partial charge in [-0.1, -0.05) is 12.1 Å². The largest absolute Gasteiger partial charge is 0.508 e. The van der Waals surface area contributed by atoms with Gasteiger partial charge in [0.25, 0.3) is 0 Å². The molecule has 2 atom stereocenters. The van der Waals surface area contributed by atoms with Gasteiger partial charge in [-0.05, 0) is 55.8 Å². The molecular weight excluding hydrogens is 186 g/mol. The lowest BCUT2D eigenvalue weighted by Gasteiger charge is -2.35. The van der Waals surface area contributed by atoms with Crippen LogP contribution in [0.1, 0.15) is 31.2 Å². The van der Waals surface area contributed by atoms with Gasteiger partial charge >= 0.3 is 0 Å². The maximum absolute atomic E-state index is 9.30. The summed E-state index contributed by atoms with van der Waals surface area (Å²) in [7, 11) is 0. The number of phenolic OH excluding ortho intramolecular Hbond substituents is 1. The van der Waals surface area contributed by atoms with E-state index in [0.29, 0.717) is 5.75 Å². The Morgan fingerprint density at radius 3 is 2.80 bits per heavy atom. The van der Waals surface area contributed by atoms with Crippen LogP contribution in [0, 0.1) is 5.92 Å². The number of hydrogen-bond donors (Lipinski definition) is 2. The molecule has 2 unspecified atom stereocenters. The Morgan fingerprint density at radius 2 is 2.00 bits per heavy atom.